The molecule has 6 rings (SSSR count). The van der Waals surface area contributed by atoms with E-state index < -0.39 is 153 Å². The van der Waals surface area contributed by atoms with Crippen LogP contribution in [0.25, 0.3) is 0 Å². The Kier molecular flexibility index (Phi) is 19.0. The number of aliphatic hydroxyl groups excluding tert-OH is 13. The summed E-state index contributed by atoms with van der Waals surface area (Å²) < 4.78 is 43.3. The third kappa shape index (κ3) is 11.2. The van der Waals surface area contributed by atoms with Crippen LogP contribution in [0.15, 0.2) is 0 Å². The van der Waals surface area contributed by atoms with Crippen LogP contribution in [-0.2, 0) is 38.0 Å². The largest absolute Gasteiger partial charge is 0.396 e. The van der Waals surface area contributed by atoms with Gasteiger partial charge in [0.05, 0.1) is 50.3 Å². The van der Waals surface area contributed by atoms with Gasteiger partial charge in [-0.15, -0.1) is 0 Å². The predicted molar refractivity (Wildman–Crippen MR) is 248 cm³/mol. The summed E-state index contributed by atoms with van der Waals surface area (Å²) in [5.41, 5.74) is -3.30. The summed E-state index contributed by atoms with van der Waals surface area (Å²) in [5.74, 6) is -1.33. The Morgan fingerprint density at radius 1 is 0.662 bits per heavy atom. The molecule has 3 saturated carbocycles. The van der Waals surface area contributed by atoms with Gasteiger partial charge in [-0.05, 0) is 97.7 Å². The summed E-state index contributed by atoms with van der Waals surface area (Å²) in [6.45, 7) is 14.1. The zero-order valence-electron chi connectivity index (χ0n) is 43.0. The van der Waals surface area contributed by atoms with Crippen molar-refractivity contribution in [2.24, 2.45) is 45.3 Å². The highest BCUT2D eigenvalue weighted by Crippen LogP contribution is 2.70. The maximum Gasteiger partial charge on any atom is 0.187 e. The maximum atomic E-state index is 13.3. The first-order chi connectivity index (χ1) is 33.1. The number of carbonyl (C=O) groups is 1. The molecule has 3 heterocycles. The fraction of sp³-hybridized carbons (Fsp3) is 0.980. The molecule has 3 aliphatic heterocycles. The third-order valence-corrected chi connectivity index (χ3v) is 19.0. The van der Waals surface area contributed by atoms with Gasteiger partial charge in [-0.3, -0.25) is 4.79 Å². The van der Waals surface area contributed by atoms with E-state index >= 15 is 0 Å². The van der Waals surface area contributed by atoms with Crippen LogP contribution in [0.1, 0.15) is 113 Å². The predicted octanol–water partition coefficient (Wildman–Crippen LogP) is -1.39. The SMILES string of the molecule is CO[C@@H]1CC2[C@@]3(C)C[C@@H](O)[C@H](O[C@@H]4O[C@H](CO)[C@@H](O)[C@H](O)[C@H]4O[C@@H]4O[C@H](CO)[C@@H](O)[C@H](O)[C@H]4O)C(C)(C)C3CC[C@@]2(C)C(C)(C)CC[C@H](C(C)(CCC(=O)C(C)CO)O[C@@H]2O[C@H](CO)[C@@H](O)[C@H](O)[C@H]2O)C1. The minimum absolute atomic E-state index is 0.0240. The first-order valence-corrected chi connectivity index (χ1v) is 25.7. The molecule has 0 spiro atoms. The molecule has 414 valence electrons. The van der Waals surface area contributed by atoms with Crippen LogP contribution in [-0.4, -0.2) is 222 Å². The average molecular weight is 1030 g/mol. The second kappa shape index (κ2) is 22.8. The Balaban J connectivity index is 1.31. The number of ether oxygens (including phenoxy) is 7. The smallest absolute Gasteiger partial charge is 0.187 e. The summed E-state index contributed by atoms with van der Waals surface area (Å²) in [6.07, 6.45) is -22.5. The highest BCUT2D eigenvalue weighted by Gasteiger charge is 2.67. The van der Waals surface area contributed by atoms with Crippen molar-refractivity contribution in [3.63, 3.8) is 0 Å². The Labute approximate surface area is 417 Å². The Hall–Kier alpha value is -1.13. The molecule has 0 aromatic carbocycles. The van der Waals surface area contributed by atoms with Crippen molar-refractivity contribution >= 4 is 5.78 Å². The Bertz CT molecular complexity index is 1740. The van der Waals surface area contributed by atoms with E-state index in [1.165, 1.54) is 0 Å². The lowest BCUT2D eigenvalue weighted by atomic mass is 9.38. The number of Topliss-reactive ketones (excluding diaryl/α,β-unsaturated/α-hetero) is 1. The number of hydrogen-bond acceptors (Lipinski definition) is 21. The molecule has 3 saturated heterocycles. The minimum atomic E-state index is -1.86. The molecule has 0 radical (unpaired) electrons. The van der Waals surface area contributed by atoms with E-state index in [-0.39, 0.29) is 60.2 Å². The van der Waals surface area contributed by atoms with Gasteiger partial charge in [-0.2, -0.15) is 0 Å². The molecule has 6 aliphatic rings. The van der Waals surface area contributed by atoms with Crippen molar-refractivity contribution in [3.05, 3.63) is 0 Å². The first kappa shape index (κ1) is 59.1. The van der Waals surface area contributed by atoms with E-state index in [2.05, 4.69) is 27.7 Å². The normalized spacial score (nSPS) is 48.5. The van der Waals surface area contributed by atoms with Crippen LogP contribution in [0.3, 0.4) is 0 Å². The second-order valence-electron chi connectivity index (χ2n) is 23.8. The standard InChI is InChI=1S/C50H88O21/c1-23(19-51)26(55)11-15-50(8,71-44-40(64)37(61)34(58)29(21-53)67-44)24-10-13-46(2,3)49(7)14-12-31-47(4,5)42(27(56)18-48(31,6)32(49)17-25(16-24)65-9)70-45-41(38(62)35(59)30(22-54)68-45)69-43-39(63)36(60)33(57)28(20-52)66-43/h23-25,27-45,51-54,56-64H,10-22H2,1-9H3/t23?,24-,25-,27+,28+,29+,30+,31?,32?,33+,34+,35+,36-,37-,38-,39+,40+,41+,42-,43-,44-,45-,48-,49+,50?/m0/s1. The summed E-state index contributed by atoms with van der Waals surface area (Å²) >= 11 is 0. The number of carbonyl (C=O) groups excluding carboxylic acids is 1. The van der Waals surface area contributed by atoms with Gasteiger partial charge in [-0.25, -0.2) is 0 Å². The van der Waals surface area contributed by atoms with Gasteiger partial charge in [0.15, 0.2) is 18.9 Å². The van der Waals surface area contributed by atoms with Gasteiger partial charge in [0, 0.05) is 19.4 Å². The Morgan fingerprint density at radius 2 is 1.20 bits per heavy atom. The van der Waals surface area contributed by atoms with Gasteiger partial charge < -0.3 is 99.5 Å². The quantitative estimate of drug-likeness (QED) is 0.0792. The molecule has 25 atom stereocenters. The lowest BCUT2D eigenvalue weighted by Gasteiger charge is -2.68. The number of ketones is 1. The summed E-state index contributed by atoms with van der Waals surface area (Å²) in [4.78, 5) is 13.3. The zero-order valence-corrected chi connectivity index (χ0v) is 43.0. The van der Waals surface area contributed by atoms with Gasteiger partial charge in [0.1, 0.15) is 79.0 Å². The molecule has 71 heavy (non-hydrogen) atoms. The number of rotatable bonds is 16. The van der Waals surface area contributed by atoms with E-state index in [0.717, 1.165) is 6.42 Å². The number of hydrogen-bond donors (Lipinski definition) is 13. The fourth-order valence-electron chi connectivity index (χ4n) is 13.9. The molecular weight excluding hydrogens is 937 g/mol. The molecule has 0 aromatic heterocycles. The van der Waals surface area contributed by atoms with Crippen molar-refractivity contribution in [2.45, 2.75) is 229 Å². The molecule has 0 amide bonds. The van der Waals surface area contributed by atoms with Gasteiger partial charge >= 0.3 is 0 Å². The van der Waals surface area contributed by atoms with E-state index in [1.807, 2.05) is 20.8 Å². The van der Waals surface area contributed by atoms with Gasteiger partial charge in [0.25, 0.3) is 0 Å². The third-order valence-electron chi connectivity index (χ3n) is 19.0. The highest BCUT2D eigenvalue weighted by molar-refractivity contribution is 5.80. The number of aliphatic hydroxyl groups is 13. The molecular formula is C50H88O21. The van der Waals surface area contributed by atoms with Crippen LogP contribution in [0.2, 0.25) is 0 Å². The van der Waals surface area contributed by atoms with E-state index in [1.54, 1.807) is 14.0 Å². The van der Waals surface area contributed by atoms with Crippen molar-refractivity contribution in [1.29, 1.82) is 0 Å². The monoisotopic (exact) mass is 1020 g/mol. The summed E-state index contributed by atoms with van der Waals surface area (Å²) in [6, 6.07) is 0. The minimum Gasteiger partial charge on any atom is -0.396 e. The summed E-state index contributed by atoms with van der Waals surface area (Å²) in [5, 5.41) is 139. The maximum absolute atomic E-state index is 13.3. The summed E-state index contributed by atoms with van der Waals surface area (Å²) in [7, 11) is 1.65. The molecule has 4 unspecified atom stereocenters. The molecule has 13 N–H and O–H groups in total. The first-order valence-electron chi connectivity index (χ1n) is 25.7. The molecule has 0 bridgehead atoms. The van der Waals surface area contributed by atoms with Crippen molar-refractivity contribution < 1.29 is 104 Å². The van der Waals surface area contributed by atoms with Crippen LogP contribution >= 0.6 is 0 Å². The molecule has 21 nitrogen and oxygen atoms in total. The van der Waals surface area contributed by atoms with Crippen LogP contribution in [0.5, 0.6) is 0 Å². The van der Waals surface area contributed by atoms with E-state index in [4.69, 9.17) is 33.2 Å². The molecule has 0 aromatic rings. The lowest BCUT2D eigenvalue weighted by molar-refractivity contribution is -0.382. The van der Waals surface area contributed by atoms with Gasteiger partial charge in [0.2, 0.25) is 0 Å². The zero-order chi connectivity index (χ0) is 52.9. The average Bonchev–Trinajstić information content (AvgIpc) is 3.37. The topological polar surface area (TPSA) is 345 Å². The van der Waals surface area contributed by atoms with Crippen LogP contribution < -0.4 is 0 Å². The lowest BCUT2D eigenvalue weighted by Crippen LogP contribution is -2.68. The highest BCUT2D eigenvalue weighted by atomic mass is 16.8. The van der Waals surface area contributed by atoms with E-state index in [9.17, 15) is 71.2 Å². The fourth-order valence-corrected chi connectivity index (χ4v) is 13.9. The van der Waals surface area contributed by atoms with Gasteiger partial charge in [-0.1, -0.05) is 48.5 Å². The second-order valence-corrected chi connectivity index (χ2v) is 23.8. The van der Waals surface area contributed by atoms with Crippen LogP contribution in [0, 0.1) is 45.3 Å². The number of methoxy groups -OCH3 is 1. The molecule has 3 aliphatic carbocycles. The number of fused-ring (bicyclic) bond motifs is 3. The molecule has 6 fully saturated rings. The van der Waals surface area contributed by atoms with E-state index in [0.29, 0.717) is 32.1 Å². The Morgan fingerprint density at radius 3 is 1.75 bits per heavy atom. The van der Waals surface area contributed by atoms with Crippen molar-refractivity contribution in [2.75, 3.05) is 33.5 Å². The van der Waals surface area contributed by atoms with Crippen molar-refractivity contribution in [1.82, 2.24) is 0 Å². The molecule has 21 heteroatoms. The van der Waals surface area contributed by atoms with Crippen molar-refractivity contribution in [3.8, 4) is 0 Å². The van der Waals surface area contributed by atoms with Crippen LogP contribution in [0.4, 0.5) is 0 Å².